The molecule has 0 aliphatic rings. The standard InChI is InChI=1S/C18H19NO5/c1-3-23-16-7-5-4-6-15(16)19-17(20)13-8-10-14(11-9-13)24-12(2)18(21)22/h4-12H,3H2,1-2H3,(H,19,20)(H,21,22)/p-1/t12-/m0/s1. The molecule has 0 saturated heterocycles. The minimum atomic E-state index is -1.30. The molecule has 0 unspecified atom stereocenters. The quantitative estimate of drug-likeness (QED) is 0.838. The average molecular weight is 328 g/mol. The van der Waals surface area contributed by atoms with Gasteiger partial charge < -0.3 is 24.7 Å². The first-order valence-electron chi connectivity index (χ1n) is 7.52. The van der Waals surface area contributed by atoms with E-state index in [9.17, 15) is 14.7 Å². The number of carboxylic acids is 1. The number of carbonyl (C=O) groups is 2. The number of nitrogens with one attached hydrogen (secondary N) is 1. The summed E-state index contributed by atoms with van der Waals surface area (Å²) < 4.78 is 10.6. The molecular weight excluding hydrogens is 310 g/mol. The molecule has 0 aliphatic carbocycles. The van der Waals surface area contributed by atoms with Crippen LogP contribution in [0.5, 0.6) is 11.5 Å². The lowest BCUT2D eigenvalue weighted by atomic mass is 10.2. The van der Waals surface area contributed by atoms with Crippen LogP contribution in [0.25, 0.3) is 0 Å². The van der Waals surface area contributed by atoms with Gasteiger partial charge in [-0.1, -0.05) is 12.1 Å². The normalized spacial score (nSPS) is 11.4. The van der Waals surface area contributed by atoms with Gasteiger partial charge >= 0.3 is 0 Å². The zero-order valence-electron chi connectivity index (χ0n) is 13.4. The first-order valence-corrected chi connectivity index (χ1v) is 7.52. The number of carbonyl (C=O) groups excluding carboxylic acids is 2. The van der Waals surface area contributed by atoms with Crippen molar-refractivity contribution in [2.24, 2.45) is 0 Å². The van der Waals surface area contributed by atoms with Crippen LogP contribution in [0.15, 0.2) is 48.5 Å². The van der Waals surface area contributed by atoms with Gasteiger partial charge in [0.2, 0.25) is 0 Å². The first-order chi connectivity index (χ1) is 11.5. The third-order valence-corrected chi connectivity index (χ3v) is 3.20. The minimum absolute atomic E-state index is 0.304. The van der Waals surface area contributed by atoms with Gasteiger partial charge in [-0.25, -0.2) is 0 Å². The number of carboxylic acid groups (broad SMARTS) is 1. The van der Waals surface area contributed by atoms with E-state index in [1.807, 2.05) is 13.0 Å². The number of anilines is 1. The van der Waals surface area contributed by atoms with Crippen LogP contribution in [-0.2, 0) is 4.79 Å². The molecule has 2 aromatic rings. The maximum Gasteiger partial charge on any atom is 0.255 e. The molecule has 1 amide bonds. The highest BCUT2D eigenvalue weighted by atomic mass is 16.5. The Morgan fingerprint density at radius 2 is 1.79 bits per heavy atom. The molecule has 0 spiro atoms. The van der Waals surface area contributed by atoms with Crippen LogP contribution < -0.4 is 19.9 Å². The molecule has 0 fully saturated rings. The Morgan fingerprint density at radius 1 is 1.12 bits per heavy atom. The Morgan fingerprint density at radius 3 is 2.42 bits per heavy atom. The number of hydrogen-bond donors (Lipinski definition) is 1. The highest BCUT2D eigenvalue weighted by Gasteiger charge is 2.10. The molecule has 1 N–H and O–H groups in total. The Kier molecular flexibility index (Phi) is 5.78. The second-order valence-corrected chi connectivity index (χ2v) is 4.99. The van der Waals surface area contributed by atoms with Gasteiger partial charge in [-0.2, -0.15) is 0 Å². The van der Waals surface area contributed by atoms with Crippen LogP contribution in [0, 0.1) is 0 Å². The van der Waals surface area contributed by atoms with Gasteiger partial charge in [0.05, 0.1) is 18.3 Å². The van der Waals surface area contributed by atoms with E-state index < -0.39 is 12.1 Å². The van der Waals surface area contributed by atoms with Crippen molar-refractivity contribution in [3.8, 4) is 11.5 Å². The van der Waals surface area contributed by atoms with E-state index in [0.717, 1.165) is 0 Å². The van der Waals surface area contributed by atoms with Crippen LogP contribution in [0.3, 0.4) is 0 Å². The lowest BCUT2D eigenvalue weighted by Gasteiger charge is -2.15. The van der Waals surface area contributed by atoms with Crippen LogP contribution in [0.1, 0.15) is 24.2 Å². The summed E-state index contributed by atoms with van der Waals surface area (Å²) >= 11 is 0. The number of para-hydroxylation sites is 2. The molecule has 24 heavy (non-hydrogen) atoms. The molecule has 0 bridgehead atoms. The molecule has 0 aliphatic heterocycles. The van der Waals surface area contributed by atoms with Gasteiger partial charge in [-0.05, 0) is 50.2 Å². The lowest BCUT2D eigenvalue weighted by Crippen LogP contribution is -2.37. The molecule has 1 atom stereocenters. The first kappa shape index (κ1) is 17.3. The Bertz CT molecular complexity index is 712. The van der Waals surface area contributed by atoms with Gasteiger partial charge in [0.15, 0.2) is 0 Å². The van der Waals surface area contributed by atoms with Crippen molar-refractivity contribution < 1.29 is 24.2 Å². The maximum atomic E-state index is 12.3. The summed E-state index contributed by atoms with van der Waals surface area (Å²) in [5.74, 6) is -0.667. The van der Waals surface area contributed by atoms with E-state index in [0.29, 0.717) is 29.4 Å². The van der Waals surface area contributed by atoms with Crippen LogP contribution in [-0.4, -0.2) is 24.6 Å². The molecule has 6 nitrogen and oxygen atoms in total. The van der Waals surface area contributed by atoms with Gasteiger partial charge in [-0.3, -0.25) is 4.79 Å². The van der Waals surface area contributed by atoms with E-state index in [1.165, 1.54) is 19.1 Å². The van der Waals surface area contributed by atoms with Gasteiger partial charge in [0, 0.05) is 5.56 Å². The number of rotatable bonds is 7. The summed E-state index contributed by atoms with van der Waals surface area (Å²) in [7, 11) is 0. The van der Waals surface area contributed by atoms with Crippen molar-refractivity contribution in [1.29, 1.82) is 0 Å². The van der Waals surface area contributed by atoms with Crippen molar-refractivity contribution in [3.05, 3.63) is 54.1 Å². The molecule has 126 valence electrons. The summed E-state index contributed by atoms with van der Waals surface area (Å²) in [6.45, 7) is 3.74. The number of ether oxygens (including phenoxy) is 2. The van der Waals surface area contributed by atoms with Gasteiger partial charge in [0.25, 0.3) is 5.91 Å². The van der Waals surface area contributed by atoms with Crippen molar-refractivity contribution in [1.82, 2.24) is 0 Å². The topological polar surface area (TPSA) is 87.7 Å². The molecule has 0 heterocycles. The summed E-state index contributed by atoms with van der Waals surface area (Å²) in [5.41, 5.74) is 0.991. The van der Waals surface area contributed by atoms with E-state index in [4.69, 9.17) is 9.47 Å². The summed E-state index contributed by atoms with van der Waals surface area (Å²) in [4.78, 5) is 23.0. The fourth-order valence-electron chi connectivity index (χ4n) is 1.98. The van der Waals surface area contributed by atoms with E-state index in [2.05, 4.69) is 5.32 Å². The largest absolute Gasteiger partial charge is 0.546 e. The van der Waals surface area contributed by atoms with Crippen molar-refractivity contribution in [2.45, 2.75) is 20.0 Å². The van der Waals surface area contributed by atoms with E-state index in [1.54, 1.807) is 30.3 Å². The van der Waals surface area contributed by atoms with Crippen molar-refractivity contribution >= 4 is 17.6 Å². The van der Waals surface area contributed by atoms with Crippen LogP contribution in [0.4, 0.5) is 5.69 Å². The number of benzene rings is 2. The average Bonchev–Trinajstić information content (AvgIpc) is 2.57. The Balaban J connectivity index is 2.07. The number of hydrogen-bond acceptors (Lipinski definition) is 5. The molecular formula is C18H18NO5-. The smallest absolute Gasteiger partial charge is 0.255 e. The highest BCUT2D eigenvalue weighted by Crippen LogP contribution is 2.24. The SMILES string of the molecule is CCOc1ccccc1NC(=O)c1ccc(O[C@@H](C)C(=O)[O-])cc1. The van der Waals surface area contributed by atoms with Crippen LogP contribution in [0.2, 0.25) is 0 Å². The Labute approximate surface area is 140 Å². The lowest BCUT2D eigenvalue weighted by molar-refractivity contribution is -0.312. The maximum absolute atomic E-state index is 12.3. The molecule has 0 saturated carbocycles. The molecule has 0 aromatic heterocycles. The highest BCUT2D eigenvalue weighted by molar-refractivity contribution is 6.05. The monoisotopic (exact) mass is 328 g/mol. The predicted octanol–water partition coefficient (Wildman–Crippen LogP) is 1.85. The fraction of sp³-hybridized carbons (Fsp3) is 0.222. The number of aliphatic carboxylic acids is 1. The minimum Gasteiger partial charge on any atom is -0.546 e. The fourth-order valence-corrected chi connectivity index (χ4v) is 1.98. The van der Waals surface area contributed by atoms with Gasteiger partial charge in [-0.15, -0.1) is 0 Å². The zero-order valence-corrected chi connectivity index (χ0v) is 13.4. The number of amides is 1. The third-order valence-electron chi connectivity index (χ3n) is 3.20. The van der Waals surface area contributed by atoms with Crippen LogP contribution >= 0.6 is 0 Å². The van der Waals surface area contributed by atoms with Gasteiger partial charge in [0.1, 0.15) is 17.6 Å². The van der Waals surface area contributed by atoms with E-state index >= 15 is 0 Å². The summed E-state index contributed by atoms with van der Waals surface area (Å²) in [6, 6.07) is 13.3. The van der Waals surface area contributed by atoms with E-state index in [-0.39, 0.29) is 5.91 Å². The molecule has 2 aromatic carbocycles. The second kappa shape index (κ2) is 8.01. The Hall–Kier alpha value is -3.02. The van der Waals surface area contributed by atoms with Crippen molar-refractivity contribution in [2.75, 3.05) is 11.9 Å². The van der Waals surface area contributed by atoms with Crippen molar-refractivity contribution in [3.63, 3.8) is 0 Å². The second-order valence-electron chi connectivity index (χ2n) is 4.99. The summed E-state index contributed by atoms with van der Waals surface area (Å²) in [6.07, 6.45) is -1.07. The third kappa shape index (κ3) is 4.49. The molecule has 2 rings (SSSR count). The predicted molar refractivity (Wildman–Crippen MR) is 87.1 cm³/mol. The molecule has 0 radical (unpaired) electrons. The zero-order chi connectivity index (χ0) is 17.5. The molecule has 6 heteroatoms. The summed E-state index contributed by atoms with van der Waals surface area (Å²) in [5, 5.41) is 13.4.